The Labute approximate surface area is 115 Å². The molecule has 7 nitrogen and oxygen atoms in total. The van der Waals surface area contributed by atoms with Gasteiger partial charge in [-0.15, -0.1) is 0 Å². The van der Waals surface area contributed by atoms with Gasteiger partial charge in [-0.25, -0.2) is 12.8 Å². The van der Waals surface area contributed by atoms with Crippen LogP contribution in [-0.2, 0) is 10.0 Å². The van der Waals surface area contributed by atoms with Gasteiger partial charge in [-0.3, -0.25) is 10.1 Å². The smallest absolute Gasteiger partial charge is 0.292 e. The molecule has 1 atom stereocenters. The summed E-state index contributed by atoms with van der Waals surface area (Å²) in [5.41, 5.74) is -0.740. The first-order valence-electron chi connectivity index (χ1n) is 6.00. The zero-order chi connectivity index (χ0) is 14.9. The number of halogens is 1. The third-order valence-electron chi connectivity index (χ3n) is 3.07. The number of nitrogens with zero attached hydrogens (tertiary/aromatic N) is 2. The van der Waals surface area contributed by atoms with Crippen LogP contribution in [0.2, 0.25) is 0 Å². The van der Waals surface area contributed by atoms with E-state index in [0.717, 1.165) is 12.1 Å². The summed E-state index contributed by atoms with van der Waals surface area (Å²) in [7, 11) is -4.00. The predicted molar refractivity (Wildman–Crippen MR) is 69.3 cm³/mol. The van der Waals surface area contributed by atoms with E-state index in [0.29, 0.717) is 12.6 Å². The fourth-order valence-electron chi connectivity index (χ4n) is 2.11. The highest BCUT2D eigenvalue weighted by atomic mass is 32.2. The van der Waals surface area contributed by atoms with Crippen LogP contribution < -0.4 is 5.32 Å². The first kappa shape index (κ1) is 14.8. The van der Waals surface area contributed by atoms with Gasteiger partial charge in [0.15, 0.2) is 4.90 Å². The van der Waals surface area contributed by atoms with Crippen molar-refractivity contribution < 1.29 is 17.7 Å². The quantitative estimate of drug-likeness (QED) is 0.656. The summed E-state index contributed by atoms with van der Waals surface area (Å²) in [5, 5.41) is 14.0. The van der Waals surface area contributed by atoms with Crippen LogP contribution in [0, 0.1) is 15.9 Å². The number of sulfonamides is 1. The lowest BCUT2D eigenvalue weighted by molar-refractivity contribution is -0.388. The van der Waals surface area contributed by atoms with Crippen LogP contribution in [0.15, 0.2) is 23.1 Å². The summed E-state index contributed by atoms with van der Waals surface area (Å²) < 4.78 is 39.1. The van der Waals surface area contributed by atoms with Crippen molar-refractivity contribution in [2.24, 2.45) is 0 Å². The molecule has 0 amide bonds. The fraction of sp³-hybridized carbons (Fsp3) is 0.455. The third kappa shape index (κ3) is 2.79. The first-order valence-corrected chi connectivity index (χ1v) is 7.44. The Morgan fingerprint density at radius 1 is 1.50 bits per heavy atom. The minimum atomic E-state index is -4.00. The van der Waals surface area contributed by atoms with Crippen LogP contribution in [-0.4, -0.2) is 43.3 Å². The van der Waals surface area contributed by atoms with Gasteiger partial charge in [-0.1, -0.05) is 0 Å². The van der Waals surface area contributed by atoms with Gasteiger partial charge >= 0.3 is 0 Å². The van der Waals surface area contributed by atoms with Crippen LogP contribution in [0.5, 0.6) is 0 Å². The SMILES string of the molecule is CC1CN(S(=O)(=O)c2ccc(F)cc2[N+](=O)[O-])CCN1. The first-order chi connectivity index (χ1) is 9.32. The molecule has 20 heavy (non-hydrogen) atoms. The monoisotopic (exact) mass is 303 g/mol. The molecule has 1 aromatic carbocycles. The molecule has 1 aliphatic rings. The summed E-state index contributed by atoms with van der Waals surface area (Å²) in [5.74, 6) is -0.843. The fourth-order valence-corrected chi connectivity index (χ4v) is 3.77. The van der Waals surface area contributed by atoms with E-state index >= 15 is 0 Å². The molecule has 0 saturated carbocycles. The van der Waals surface area contributed by atoms with Gasteiger partial charge in [-0.2, -0.15) is 4.31 Å². The predicted octanol–water partition coefficient (Wildman–Crippen LogP) is 0.716. The molecular formula is C11H14FN3O4S. The maximum atomic E-state index is 13.1. The molecule has 2 rings (SSSR count). The second kappa shape index (κ2) is 5.43. The molecule has 1 aliphatic heterocycles. The topological polar surface area (TPSA) is 92.5 Å². The van der Waals surface area contributed by atoms with Crippen molar-refractivity contribution in [1.29, 1.82) is 0 Å². The molecule has 1 fully saturated rings. The Bertz CT molecular complexity index is 635. The average molecular weight is 303 g/mol. The molecule has 1 aromatic rings. The van der Waals surface area contributed by atoms with Gasteiger partial charge in [0, 0.05) is 25.7 Å². The molecule has 0 aliphatic carbocycles. The highest BCUT2D eigenvalue weighted by Gasteiger charge is 2.34. The Morgan fingerprint density at radius 2 is 2.20 bits per heavy atom. The molecule has 1 N–H and O–H groups in total. The van der Waals surface area contributed by atoms with Crippen LogP contribution in [0.3, 0.4) is 0 Å². The van der Waals surface area contributed by atoms with E-state index in [1.807, 2.05) is 6.92 Å². The second-order valence-corrected chi connectivity index (χ2v) is 6.49. The van der Waals surface area contributed by atoms with E-state index in [9.17, 15) is 22.9 Å². The lowest BCUT2D eigenvalue weighted by Gasteiger charge is -2.30. The van der Waals surface area contributed by atoms with Gasteiger partial charge in [0.05, 0.1) is 11.0 Å². The second-order valence-electron chi connectivity index (χ2n) is 4.59. The van der Waals surface area contributed by atoms with Gasteiger partial charge in [-0.05, 0) is 19.1 Å². The molecule has 1 saturated heterocycles. The Morgan fingerprint density at radius 3 is 2.80 bits per heavy atom. The Hall–Kier alpha value is -1.58. The van der Waals surface area contributed by atoms with E-state index < -0.39 is 31.3 Å². The van der Waals surface area contributed by atoms with Gasteiger partial charge in [0.1, 0.15) is 5.82 Å². The number of benzene rings is 1. The molecule has 0 bridgehead atoms. The van der Waals surface area contributed by atoms with E-state index in [2.05, 4.69) is 5.32 Å². The lowest BCUT2D eigenvalue weighted by atomic mass is 10.3. The van der Waals surface area contributed by atoms with E-state index in [-0.39, 0.29) is 19.1 Å². The molecule has 0 spiro atoms. The summed E-state index contributed by atoms with van der Waals surface area (Å²) >= 11 is 0. The zero-order valence-corrected chi connectivity index (χ0v) is 11.6. The number of hydrogen-bond acceptors (Lipinski definition) is 5. The van der Waals surface area contributed by atoms with Crippen LogP contribution >= 0.6 is 0 Å². The van der Waals surface area contributed by atoms with Crippen LogP contribution in [0.1, 0.15) is 6.92 Å². The number of nitro benzene ring substituents is 1. The van der Waals surface area contributed by atoms with Crippen molar-refractivity contribution in [2.45, 2.75) is 17.9 Å². The van der Waals surface area contributed by atoms with Crippen molar-refractivity contribution in [3.8, 4) is 0 Å². The van der Waals surface area contributed by atoms with Gasteiger partial charge < -0.3 is 5.32 Å². The average Bonchev–Trinajstić information content (AvgIpc) is 2.38. The van der Waals surface area contributed by atoms with Crippen LogP contribution in [0.25, 0.3) is 0 Å². The highest BCUT2D eigenvalue weighted by Crippen LogP contribution is 2.27. The molecule has 1 unspecified atom stereocenters. The zero-order valence-electron chi connectivity index (χ0n) is 10.7. The number of hydrogen-bond donors (Lipinski definition) is 1. The largest absolute Gasteiger partial charge is 0.312 e. The summed E-state index contributed by atoms with van der Waals surface area (Å²) in [6.45, 7) is 2.73. The van der Waals surface area contributed by atoms with Gasteiger partial charge in [0.2, 0.25) is 10.0 Å². The Kier molecular flexibility index (Phi) is 4.02. The van der Waals surface area contributed by atoms with Gasteiger partial charge in [0.25, 0.3) is 5.69 Å². The third-order valence-corrected chi connectivity index (χ3v) is 4.98. The molecular weight excluding hydrogens is 289 g/mol. The molecule has 0 radical (unpaired) electrons. The maximum Gasteiger partial charge on any atom is 0.292 e. The minimum Gasteiger partial charge on any atom is -0.312 e. The number of rotatable bonds is 3. The highest BCUT2D eigenvalue weighted by molar-refractivity contribution is 7.89. The van der Waals surface area contributed by atoms with E-state index in [1.165, 1.54) is 4.31 Å². The number of nitrogens with one attached hydrogen (secondary N) is 1. The standard InChI is InChI=1S/C11H14FN3O4S/c1-8-7-14(5-4-13-8)20(18,19)11-3-2-9(12)6-10(11)15(16)17/h2-3,6,8,13H,4-5,7H2,1H3. The van der Waals surface area contributed by atoms with Crippen LogP contribution in [0.4, 0.5) is 10.1 Å². The summed E-state index contributed by atoms with van der Waals surface area (Å²) in [6, 6.07) is 2.43. The summed E-state index contributed by atoms with van der Waals surface area (Å²) in [4.78, 5) is 9.55. The van der Waals surface area contributed by atoms with Crippen molar-refractivity contribution in [3.05, 3.63) is 34.1 Å². The minimum absolute atomic E-state index is 0.0435. The molecule has 110 valence electrons. The number of piperazine rings is 1. The van der Waals surface area contributed by atoms with Crippen molar-refractivity contribution >= 4 is 15.7 Å². The van der Waals surface area contributed by atoms with E-state index in [1.54, 1.807) is 0 Å². The van der Waals surface area contributed by atoms with E-state index in [4.69, 9.17) is 0 Å². The van der Waals surface area contributed by atoms with Crippen molar-refractivity contribution in [2.75, 3.05) is 19.6 Å². The summed E-state index contributed by atoms with van der Waals surface area (Å²) in [6.07, 6.45) is 0. The van der Waals surface area contributed by atoms with Crippen molar-refractivity contribution in [1.82, 2.24) is 9.62 Å². The van der Waals surface area contributed by atoms with Crippen molar-refractivity contribution in [3.63, 3.8) is 0 Å². The molecule has 9 heteroatoms. The number of nitro groups is 1. The lowest BCUT2D eigenvalue weighted by Crippen LogP contribution is -2.51. The molecule has 1 heterocycles. The normalized spacial score (nSPS) is 20.8. The maximum absolute atomic E-state index is 13.1. The molecule has 0 aromatic heterocycles. The Balaban J connectivity index is 2.46.